The first-order valence-corrected chi connectivity index (χ1v) is 6.19. The van der Waals surface area contributed by atoms with Crippen LogP contribution in [0.5, 0.6) is 0 Å². The Labute approximate surface area is 110 Å². The lowest BCUT2D eigenvalue weighted by atomic mass is 10.1. The van der Waals surface area contributed by atoms with Crippen molar-refractivity contribution >= 4 is 5.78 Å². The van der Waals surface area contributed by atoms with Crippen molar-refractivity contribution in [1.82, 2.24) is 10.6 Å². The fourth-order valence-electron chi connectivity index (χ4n) is 1.91. The van der Waals surface area contributed by atoms with Gasteiger partial charge in [0.15, 0.2) is 5.78 Å². The molecule has 0 aliphatic carbocycles. The third-order valence-corrected chi connectivity index (χ3v) is 3.13. The first-order valence-electron chi connectivity index (χ1n) is 6.19. The molecule has 19 heavy (non-hydrogen) atoms. The molecule has 0 spiro atoms. The normalized spacial score (nSPS) is 20.5. The molecule has 1 aromatic carbocycles. The highest BCUT2D eigenvalue weighted by atomic mass is 19.1. The number of carbonyl (C=O) groups is 1. The van der Waals surface area contributed by atoms with Crippen LogP contribution in [0.3, 0.4) is 0 Å². The van der Waals surface area contributed by atoms with E-state index in [1.807, 2.05) is 0 Å². The maximum Gasteiger partial charge on any atom is 0.192 e. The van der Waals surface area contributed by atoms with E-state index in [2.05, 4.69) is 24.5 Å². The van der Waals surface area contributed by atoms with Crippen molar-refractivity contribution in [1.29, 1.82) is 0 Å². The molecule has 3 nitrogen and oxygen atoms in total. The summed E-state index contributed by atoms with van der Waals surface area (Å²) in [6.45, 7) is 4.87. The summed E-state index contributed by atoms with van der Waals surface area (Å²) in [6, 6.07) is 3.18. The highest BCUT2D eigenvalue weighted by Gasteiger charge is 2.21. The second kappa shape index (κ2) is 5.38. The lowest BCUT2D eigenvalue weighted by Gasteiger charge is -2.12. The van der Waals surface area contributed by atoms with E-state index in [0.717, 1.165) is 18.7 Å². The molecule has 1 unspecified atom stereocenters. The molecule has 2 N–H and O–H groups in total. The number of hydrogen-bond donors (Lipinski definition) is 2. The van der Waals surface area contributed by atoms with Crippen LogP contribution in [0.25, 0.3) is 0 Å². The summed E-state index contributed by atoms with van der Waals surface area (Å²) in [5.41, 5.74) is -0.134. The molecule has 1 aliphatic rings. The molecule has 5 heteroatoms. The van der Waals surface area contributed by atoms with E-state index >= 15 is 0 Å². The van der Waals surface area contributed by atoms with Gasteiger partial charge in [0, 0.05) is 24.7 Å². The molecule has 1 heterocycles. The Morgan fingerprint density at radius 2 is 2.16 bits per heavy atom. The minimum absolute atomic E-state index is 0.134. The van der Waals surface area contributed by atoms with Crippen molar-refractivity contribution in [3.8, 4) is 0 Å². The monoisotopic (exact) mass is 266 g/mol. The summed E-state index contributed by atoms with van der Waals surface area (Å²) in [5.74, 6) is -1.03. The third-order valence-electron chi connectivity index (χ3n) is 3.13. The summed E-state index contributed by atoms with van der Waals surface area (Å²) in [7, 11) is 0. The van der Waals surface area contributed by atoms with Crippen molar-refractivity contribution < 1.29 is 13.6 Å². The van der Waals surface area contributed by atoms with Crippen LogP contribution < -0.4 is 10.6 Å². The van der Waals surface area contributed by atoms with Gasteiger partial charge in [0.1, 0.15) is 17.5 Å². The van der Waals surface area contributed by atoms with Crippen LogP contribution in [-0.4, -0.2) is 18.4 Å². The molecule has 1 aromatic rings. The molecular weight excluding hydrogens is 250 g/mol. The predicted octanol–water partition coefficient (Wildman–Crippen LogP) is 2.21. The number of nitrogens with one attached hydrogen (secondary N) is 2. The maximum atomic E-state index is 13.4. The smallest absolute Gasteiger partial charge is 0.192 e. The average molecular weight is 266 g/mol. The summed E-state index contributed by atoms with van der Waals surface area (Å²) in [4.78, 5) is 11.9. The second-order valence-electron chi connectivity index (χ2n) is 4.92. The van der Waals surface area contributed by atoms with Gasteiger partial charge in [-0.15, -0.1) is 0 Å². The standard InChI is InChI=1S/C14H16F2N2O/c1-8(2)12-7-17-14(18-12)6-13(19)10-4-3-9(15)5-11(10)16/h3-6,8,12,17-18H,7H2,1-2H3/b14-6-. The summed E-state index contributed by atoms with van der Waals surface area (Å²) >= 11 is 0. The van der Waals surface area contributed by atoms with Gasteiger partial charge in [0.25, 0.3) is 0 Å². The van der Waals surface area contributed by atoms with Crippen LogP contribution in [0.15, 0.2) is 30.1 Å². The van der Waals surface area contributed by atoms with Gasteiger partial charge in [0.05, 0.1) is 5.56 Å². The number of ketones is 1. The Hall–Kier alpha value is -1.91. The van der Waals surface area contributed by atoms with E-state index in [1.165, 1.54) is 6.08 Å². The number of halogens is 2. The van der Waals surface area contributed by atoms with Gasteiger partial charge in [-0.3, -0.25) is 4.79 Å². The minimum Gasteiger partial charge on any atom is -0.370 e. The van der Waals surface area contributed by atoms with E-state index < -0.39 is 17.4 Å². The van der Waals surface area contributed by atoms with E-state index in [4.69, 9.17) is 0 Å². The van der Waals surface area contributed by atoms with Gasteiger partial charge in [-0.1, -0.05) is 13.8 Å². The van der Waals surface area contributed by atoms with E-state index in [-0.39, 0.29) is 11.6 Å². The van der Waals surface area contributed by atoms with Crippen LogP contribution in [0.1, 0.15) is 24.2 Å². The highest BCUT2D eigenvalue weighted by Crippen LogP contribution is 2.13. The Kier molecular flexibility index (Phi) is 3.83. The van der Waals surface area contributed by atoms with Gasteiger partial charge in [-0.2, -0.15) is 0 Å². The van der Waals surface area contributed by atoms with Crippen LogP contribution >= 0.6 is 0 Å². The van der Waals surface area contributed by atoms with Crippen LogP contribution in [0.4, 0.5) is 8.78 Å². The Morgan fingerprint density at radius 1 is 1.42 bits per heavy atom. The first-order chi connectivity index (χ1) is 8.97. The molecule has 102 valence electrons. The van der Waals surface area contributed by atoms with Gasteiger partial charge in [-0.25, -0.2) is 8.78 Å². The fourth-order valence-corrected chi connectivity index (χ4v) is 1.91. The molecule has 0 bridgehead atoms. The SMILES string of the molecule is CC(C)C1CN/C(=C/C(=O)c2ccc(F)cc2F)N1. The molecular formula is C14H16F2N2O. The number of rotatable bonds is 3. The van der Waals surface area contributed by atoms with Crippen molar-refractivity contribution in [3.05, 3.63) is 47.3 Å². The van der Waals surface area contributed by atoms with Crippen LogP contribution in [-0.2, 0) is 0 Å². The van der Waals surface area contributed by atoms with Crippen molar-refractivity contribution in [2.75, 3.05) is 6.54 Å². The summed E-state index contributed by atoms with van der Waals surface area (Å²) in [5, 5.41) is 6.21. The molecule has 1 fully saturated rings. The van der Waals surface area contributed by atoms with E-state index in [1.54, 1.807) is 0 Å². The van der Waals surface area contributed by atoms with Crippen molar-refractivity contribution in [3.63, 3.8) is 0 Å². The highest BCUT2D eigenvalue weighted by molar-refractivity contribution is 6.05. The number of benzene rings is 1. The lowest BCUT2D eigenvalue weighted by Crippen LogP contribution is -2.28. The summed E-state index contributed by atoms with van der Waals surface area (Å²) in [6.07, 6.45) is 1.30. The fraction of sp³-hybridized carbons (Fsp3) is 0.357. The Morgan fingerprint density at radius 3 is 2.74 bits per heavy atom. The van der Waals surface area contributed by atoms with Gasteiger partial charge < -0.3 is 10.6 Å². The lowest BCUT2D eigenvalue weighted by molar-refractivity contribution is 0.104. The first kappa shape index (κ1) is 13.5. The second-order valence-corrected chi connectivity index (χ2v) is 4.92. The third kappa shape index (κ3) is 3.10. The molecule has 1 aliphatic heterocycles. The number of carbonyl (C=O) groups excluding carboxylic acids is 1. The van der Waals surface area contributed by atoms with Crippen molar-refractivity contribution in [2.45, 2.75) is 19.9 Å². The Balaban J connectivity index is 2.13. The molecule has 0 radical (unpaired) electrons. The predicted molar refractivity (Wildman–Crippen MR) is 68.5 cm³/mol. The molecule has 2 rings (SSSR count). The Bertz CT molecular complexity index is 526. The van der Waals surface area contributed by atoms with Crippen molar-refractivity contribution in [2.24, 2.45) is 5.92 Å². The number of hydrogen-bond acceptors (Lipinski definition) is 3. The molecule has 1 saturated heterocycles. The topological polar surface area (TPSA) is 41.1 Å². The van der Waals surface area contributed by atoms with E-state index in [0.29, 0.717) is 17.8 Å². The average Bonchev–Trinajstić information content (AvgIpc) is 2.77. The molecule has 0 amide bonds. The molecule has 0 aromatic heterocycles. The zero-order valence-corrected chi connectivity index (χ0v) is 10.8. The summed E-state index contributed by atoms with van der Waals surface area (Å²) < 4.78 is 26.2. The van der Waals surface area contributed by atoms with Gasteiger partial charge >= 0.3 is 0 Å². The zero-order chi connectivity index (χ0) is 14.0. The largest absolute Gasteiger partial charge is 0.370 e. The zero-order valence-electron chi connectivity index (χ0n) is 10.8. The van der Waals surface area contributed by atoms with E-state index in [9.17, 15) is 13.6 Å². The molecule has 0 saturated carbocycles. The molecule has 1 atom stereocenters. The quantitative estimate of drug-likeness (QED) is 0.651. The minimum atomic E-state index is -0.847. The van der Waals surface area contributed by atoms with Crippen LogP contribution in [0.2, 0.25) is 0 Å². The van der Waals surface area contributed by atoms with Gasteiger partial charge in [0.2, 0.25) is 0 Å². The number of allylic oxidation sites excluding steroid dienone is 1. The van der Waals surface area contributed by atoms with Gasteiger partial charge in [-0.05, 0) is 18.1 Å². The van der Waals surface area contributed by atoms with Crippen LogP contribution in [0, 0.1) is 17.6 Å². The maximum absolute atomic E-state index is 13.4.